The number of anilines is 3. The highest BCUT2D eigenvalue weighted by Crippen LogP contribution is 2.31. The number of hydrogen-bond donors (Lipinski definition) is 2. The molecular weight excluding hydrogens is 290 g/mol. The number of aromatic nitrogens is 2. The molecule has 21 heavy (non-hydrogen) atoms. The van der Waals surface area contributed by atoms with E-state index in [1.807, 2.05) is 20.2 Å². The maximum Gasteiger partial charge on any atom is 0.244 e. The quantitative estimate of drug-likeness (QED) is 0.831. The monoisotopic (exact) mass is 309 g/mol. The van der Waals surface area contributed by atoms with Gasteiger partial charge in [-0.2, -0.15) is 5.10 Å². The van der Waals surface area contributed by atoms with E-state index in [2.05, 4.69) is 10.4 Å². The zero-order valence-electron chi connectivity index (χ0n) is 12.5. The number of para-hydroxylation sites is 1. The van der Waals surface area contributed by atoms with Gasteiger partial charge in [-0.15, -0.1) is 0 Å². The minimum absolute atomic E-state index is 0.0824. The number of rotatable bonds is 4. The SMILES string of the molecule is Cc1nn(C)cc1Nc1cccc(S(=O)(=O)N(C)C)c1N. The Morgan fingerprint density at radius 1 is 1.29 bits per heavy atom. The molecule has 1 heterocycles. The molecule has 0 saturated carbocycles. The van der Waals surface area contributed by atoms with Gasteiger partial charge in [-0.05, 0) is 19.1 Å². The molecule has 2 aromatic rings. The Labute approximate surface area is 124 Å². The van der Waals surface area contributed by atoms with E-state index >= 15 is 0 Å². The van der Waals surface area contributed by atoms with Gasteiger partial charge in [0.2, 0.25) is 10.0 Å². The molecule has 0 amide bonds. The van der Waals surface area contributed by atoms with Gasteiger partial charge in [-0.1, -0.05) is 6.07 Å². The third-order valence-electron chi connectivity index (χ3n) is 3.11. The van der Waals surface area contributed by atoms with Crippen LogP contribution in [0.15, 0.2) is 29.3 Å². The summed E-state index contributed by atoms with van der Waals surface area (Å²) in [4.78, 5) is 0.0824. The summed E-state index contributed by atoms with van der Waals surface area (Å²) in [5.74, 6) is 0. The minimum Gasteiger partial charge on any atom is -0.396 e. The highest BCUT2D eigenvalue weighted by Gasteiger charge is 2.22. The standard InChI is InChI=1S/C13H19N5O2S/c1-9-11(8-18(4)16-9)15-10-6-5-7-12(13(10)14)21(19,20)17(2)3/h5-8,15H,14H2,1-4H3. The Balaban J connectivity index is 2.46. The smallest absolute Gasteiger partial charge is 0.244 e. The maximum absolute atomic E-state index is 12.2. The third kappa shape index (κ3) is 2.86. The lowest BCUT2D eigenvalue weighted by molar-refractivity contribution is 0.521. The van der Waals surface area contributed by atoms with Gasteiger partial charge in [0.05, 0.1) is 22.8 Å². The van der Waals surface area contributed by atoms with Crippen molar-refractivity contribution in [3.8, 4) is 0 Å². The molecule has 0 aliphatic heterocycles. The van der Waals surface area contributed by atoms with Gasteiger partial charge in [-0.25, -0.2) is 12.7 Å². The molecule has 0 radical (unpaired) electrons. The molecule has 0 unspecified atom stereocenters. The Morgan fingerprint density at radius 2 is 1.95 bits per heavy atom. The van der Waals surface area contributed by atoms with Crippen LogP contribution in [0.2, 0.25) is 0 Å². The molecule has 114 valence electrons. The van der Waals surface area contributed by atoms with Crippen molar-refractivity contribution < 1.29 is 8.42 Å². The zero-order valence-corrected chi connectivity index (χ0v) is 13.3. The second-order valence-electron chi connectivity index (χ2n) is 4.93. The van der Waals surface area contributed by atoms with Crippen LogP contribution in [0.25, 0.3) is 0 Å². The summed E-state index contributed by atoms with van der Waals surface area (Å²) in [6, 6.07) is 4.88. The van der Waals surface area contributed by atoms with Crippen LogP contribution in [-0.2, 0) is 17.1 Å². The molecule has 2 rings (SSSR count). The lowest BCUT2D eigenvalue weighted by Crippen LogP contribution is -2.23. The Kier molecular flexibility index (Phi) is 3.93. The minimum atomic E-state index is -3.58. The van der Waals surface area contributed by atoms with Crippen LogP contribution in [0.1, 0.15) is 5.69 Å². The predicted molar refractivity (Wildman–Crippen MR) is 83.0 cm³/mol. The normalized spacial score (nSPS) is 11.9. The predicted octanol–water partition coefficient (Wildman–Crippen LogP) is 1.30. The van der Waals surface area contributed by atoms with Crippen molar-refractivity contribution in [2.45, 2.75) is 11.8 Å². The maximum atomic E-state index is 12.2. The van der Waals surface area contributed by atoms with Gasteiger partial charge >= 0.3 is 0 Å². The number of nitrogens with one attached hydrogen (secondary N) is 1. The molecule has 0 aliphatic rings. The molecule has 0 spiro atoms. The first kappa shape index (κ1) is 15.3. The number of nitrogen functional groups attached to an aromatic ring is 1. The van der Waals surface area contributed by atoms with Crippen LogP contribution in [0.3, 0.4) is 0 Å². The molecule has 0 fully saturated rings. The fourth-order valence-corrected chi connectivity index (χ4v) is 2.97. The average Bonchev–Trinajstić information content (AvgIpc) is 2.70. The third-order valence-corrected chi connectivity index (χ3v) is 4.98. The fourth-order valence-electron chi connectivity index (χ4n) is 1.94. The molecule has 0 saturated heterocycles. The molecule has 0 atom stereocenters. The number of sulfonamides is 1. The van der Waals surface area contributed by atoms with E-state index < -0.39 is 10.0 Å². The summed E-state index contributed by atoms with van der Waals surface area (Å²) in [6.45, 7) is 1.86. The van der Waals surface area contributed by atoms with Gasteiger partial charge in [-0.3, -0.25) is 4.68 Å². The summed E-state index contributed by atoms with van der Waals surface area (Å²) < 4.78 is 27.3. The second-order valence-corrected chi connectivity index (χ2v) is 7.05. The molecule has 1 aromatic heterocycles. The molecule has 8 heteroatoms. The summed E-state index contributed by atoms with van der Waals surface area (Å²) in [5, 5.41) is 7.34. The Morgan fingerprint density at radius 3 is 2.48 bits per heavy atom. The average molecular weight is 309 g/mol. The van der Waals surface area contributed by atoms with Crippen LogP contribution in [-0.4, -0.2) is 36.6 Å². The van der Waals surface area contributed by atoms with Gasteiger partial charge in [0.1, 0.15) is 4.90 Å². The number of benzene rings is 1. The number of nitrogens with zero attached hydrogens (tertiary/aromatic N) is 3. The van der Waals surface area contributed by atoms with E-state index in [4.69, 9.17) is 5.73 Å². The fraction of sp³-hybridized carbons (Fsp3) is 0.308. The van der Waals surface area contributed by atoms with Crippen molar-refractivity contribution in [1.82, 2.24) is 14.1 Å². The van der Waals surface area contributed by atoms with E-state index in [-0.39, 0.29) is 10.6 Å². The summed E-state index contributed by atoms with van der Waals surface area (Å²) in [5.41, 5.74) is 8.33. The highest BCUT2D eigenvalue weighted by molar-refractivity contribution is 7.89. The van der Waals surface area contributed by atoms with Crippen molar-refractivity contribution in [3.05, 3.63) is 30.1 Å². The van der Waals surface area contributed by atoms with Gasteiger partial charge in [0.25, 0.3) is 0 Å². The highest BCUT2D eigenvalue weighted by atomic mass is 32.2. The van der Waals surface area contributed by atoms with Crippen LogP contribution in [0, 0.1) is 6.92 Å². The first-order chi connectivity index (χ1) is 9.73. The van der Waals surface area contributed by atoms with E-state index in [1.165, 1.54) is 20.2 Å². The molecule has 1 aromatic carbocycles. The molecule has 0 aliphatic carbocycles. The zero-order chi connectivity index (χ0) is 15.8. The largest absolute Gasteiger partial charge is 0.396 e. The van der Waals surface area contributed by atoms with E-state index in [1.54, 1.807) is 16.8 Å². The molecule has 7 nitrogen and oxygen atoms in total. The lowest BCUT2D eigenvalue weighted by atomic mass is 10.2. The van der Waals surface area contributed by atoms with Crippen molar-refractivity contribution in [2.24, 2.45) is 7.05 Å². The number of aryl methyl sites for hydroxylation is 2. The van der Waals surface area contributed by atoms with E-state index in [0.29, 0.717) is 5.69 Å². The first-order valence-electron chi connectivity index (χ1n) is 6.31. The van der Waals surface area contributed by atoms with Crippen molar-refractivity contribution in [2.75, 3.05) is 25.1 Å². The molecule has 3 N–H and O–H groups in total. The topological polar surface area (TPSA) is 93.2 Å². The van der Waals surface area contributed by atoms with E-state index in [0.717, 1.165) is 15.7 Å². The van der Waals surface area contributed by atoms with Gasteiger partial charge < -0.3 is 11.1 Å². The van der Waals surface area contributed by atoms with Crippen LogP contribution in [0.4, 0.5) is 17.1 Å². The van der Waals surface area contributed by atoms with E-state index in [9.17, 15) is 8.42 Å². The number of nitrogens with two attached hydrogens (primary N) is 1. The first-order valence-corrected chi connectivity index (χ1v) is 7.75. The lowest BCUT2D eigenvalue weighted by Gasteiger charge is -2.16. The number of hydrogen-bond acceptors (Lipinski definition) is 5. The Bertz CT molecular complexity index is 765. The summed E-state index contributed by atoms with van der Waals surface area (Å²) in [6.07, 6.45) is 1.81. The Hall–Kier alpha value is -2.06. The van der Waals surface area contributed by atoms with Crippen LogP contribution >= 0.6 is 0 Å². The van der Waals surface area contributed by atoms with Crippen LogP contribution in [0.5, 0.6) is 0 Å². The van der Waals surface area contributed by atoms with Crippen molar-refractivity contribution in [3.63, 3.8) is 0 Å². The second kappa shape index (κ2) is 5.38. The summed E-state index contributed by atoms with van der Waals surface area (Å²) in [7, 11) is 1.18. The van der Waals surface area contributed by atoms with Crippen molar-refractivity contribution in [1.29, 1.82) is 0 Å². The van der Waals surface area contributed by atoms with Crippen LogP contribution < -0.4 is 11.1 Å². The molecular formula is C13H19N5O2S. The summed E-state index contributed by atoms with van der Waals surface area (Å²) >= 11 is 0. The van der Waals surface area contributed by atoms with Gasteiger partial charge in [0.15, 0.2) is 0 Å². The molecule has 0 bridgehead atoms. The van der Waals surface area contributed by atoms with Gasteiger partial charge in [0, 0.05) is 27.3 Å². The van der Waals surface area contributed by atoms with Crippen molar-refractivity contribution >= 4 is 27.1 Å².